The Kier molecular flexibility index (Phi) is 10.1. The summed E-state index contributed by atoms with van der Waals surface area (Å²) in [4.78, 5) is 27.8. The van der Waals surface area contributed by atoms with Gasteiger partial charge < -0.3 is 19.7 Å². The lowest BCUT2D eigenvalue weighted by Gasteiger charge is -2.30. The second-order valence-electron chi connectivity index (χ2n) is 8.00. The van der Waals surface area contributed by atoms with Gasteiger partial charge in [-0.25, -0.2) is 0 Å². The summed E-state index contributed by atoms with van der Waals surface area (Å²) < 4.78 is 11.2. The Morgan fingerprint density at radius 1 is 1.09 bits per heavy atom. The number of carbonyl (C=O) groups is 2. The van der Waals surface area contributed by atoms with E-state index in [1.165, 1.54) is 0 Å². The molecule has 2 amide bonds. The molecule has 1 N–H and O–H groups in total. The average molecular weight is 441 g/mol. The van der Waals surface area contributed by atoms with Crippen molar-refractivity contribution in [3.05, 3.63) is 59.2 Å². The number of rotatable bonds is 12. The third kappa shape index (κ3) is 7.29. The summed E-state index contributed by atoms with van der Waals surface area (Å²) in [6.45, 7) is 8.69. The summed E-state index contributed by atoms with van der Waals surface area (Å²) in [5.74, 6) is 1.03. The van der Waals surface area contributed by atoms with E-state index in [-0.39, 0.29) is 18.4 Å². The highest BCUT2D eigenvalue weighted by atomic mass is 16.5. The van der Waals surface area contributed by atoms with E-state index < -0.39 is 6.04 Å². The van der Waals surface area contributed by atoms with E-state index in [0.717, 1.165) is 29.5 Å². The van der Waals surface area contributed by atoms with E-state index in [1.54, 1.807) is 12.0 Å². The third-order valence-electron chi connectivity index (χ3n) is 5.40. The first-order valence-electron chi connectivity index (χ1n) is 11.3. The molecule has 0 aliphatic rings. The Bertz CT molecular complexity index is 897. The van der Waals surface area contributed by atoms with Gasteiger partial charge in [0.15, 0.2) is 6.61 Å². The van der Waals surface area contributed by atoms with Crippen LogP contribution in [0.1, 0.15) is 49.8 Å². The van der Waals surface area contributed by atoms with Gasteiger partial charge in [-0.1, -0.05) is 44.5 Å². The summed E-state index contributed by atoms with van der Waals surface area (Å²) in [5.41, 5.74) is 2.92. The Morgan fingerprint density at radius 3 is 2.56 bits per heavy atom. The van der Waals surface area contributed by atoms with Crippen molar-refractivity contribution in [2.45, 2.75) is 59.5 Å². The number of amides is 2. The van der Waals surface area contributed by atoms with Crippen LogP contribution >= 0.6 is 0 Å². The van der Waals surface area contributed by atoms with Gasteiger partial charge in [0.25, 0.3) is 5.91 Å². The van der Waals surface area contributed by atoms with Crippen LogP contribution in [0.3, 0.4) is 0 Å². The van der Waals surface area contributed by atoms with E-state index in [1.807, 2.05) is 63.2 Å². The number of nitrogens with one attached hydrogen (secondary N) is 1. The zero-order valence-electron chi connectivity index (χ0n) is 19.9. The lowest BCUT2D eigenvalue weighted by atomic mass is 10.1. The fourth-order valence-electron chi connectivity index (χ4n) is 3.48. The molecule has 2 aromatic rings. The maximum absolute atomic E-state index is 13.3. The number of ether oxygens (including phenoxy) is 2. The molecule has 6 nitrogen and oxygen atoms in total. The zero-order valence-corrected chi connectivity index (χ0v) is 19.9. The van der Waals surface area contributed by atoms with Crippen molar-refractivity contribution >= 4 is 11.8 Å². The number of hydrogen-bond acceptors (Lipinski definition) is 4. The van der Waals surface area contributed by atoms with E-state index in [9.17, 15) is 9.59 Å². The van der Waals surface area contributed by atoms with Crippen LogP contribution in [0.15, 0.2) is 42.5 Å². The van der Waals surface area contributed by atoms with Crippen LogP contribution in [0.25, 0.3) is 0 Å². The van der Waals surface area contributed by atoms with Gasteiger partial charge in [-0.15, -0.1) is 0 Å². The van der Waals surface area contributed by atoms with E-state index in [4.69, 9.17) is 9.47 Å². The highest BCUT2D eigenvalue weighted by Crippen LogP contribution is 2.21. The zero-order chi connectivity index (χ0) is 23.5. The Morgan fingerprint density at radius 2 is 1.88 bits per heavy atom. The van der Waals surface area contributed by atoms with Crippen LogP contribution in [0.5, 0.6) is 11.5 Å². The SMILES string of the molecule is CCCCNC(=O)C(CC)N(Cc1cccc(OC)c1)C(=O)COc1cc(C)ccc1C. The summed E-state index contributed by atoms with van der Waals surface area (Å²) in [7, 11) is 1.61. The lowest BCUT2D eigenvalue weighted by Crippen LogP contribution is -2.50. The molecule has 0 aliphatic carbocycles. The molecular formula is C26H36N2O4. The molecule has 1 unspecified atom stereocenters. The first-order valence-corrected chi connectivity index (χ1v) is 11.3. The van der Waals surface area contributed by atoms with Gasteiger partial charge in [-0.05, 0) is 61.6 Å². The van der Waals surface area contributed by atoms with E-state index in [0.29, 0.717) is 31.0 Å². The lowest BCUT2D eigenvalue weighted by molar-refractivity contribution is -0.143. The molecule has 0 saturated heterocycles. The Labute approximate surface area is 191 Å². The maximum Gasteiger partial charge on any atom is 0.261 e. The van der Waals surface area contributed by atoms with E-state index in [2.05, 4.69) is 12.2 Å². The molecule has 0 aliphatic heterocycles. The van der Waals surface area contributed by atoms with Crippen molar-refractivity contribution < 1.29 is 19.1 Å². The molecule has 0 saturated carbocycles. The number of carbonyl (C=O) groups excluding carboxylic acids is 2. The number of aryl methyl sites for hydroxylation is 2. The number of nitrogens with zero attached hydrogens (tertiary/aromatic N) is 1. The summed E-state index contributed by atoms with van der Waals surface area (Å²) in [6.07, 6.45) is 2.41. The molecule has 6 heteroatoms. The van der Waals surface area contributed by atoms with Crippen LogP contribution in [-0.2, 0) is 16.1 Å². The molecular weight excluding hydrogens is 404 g/mol. The average Bonchev–Trinajstić information content (AvgIpc) is 2.79. The second-order valence-corrected chi connectivity index (χ2v) is 8.00. The first kappa shape index (κ1) is 25.2. The number of methoxy groups -OCH3 is 1. The summed E-state index contributed by atoms with van der Waals surface area (Å²) in [6, 6.07) is 12.9. The standard InChI is InChI=1S/C26H36N2O4/c1-6-8-14-27-26(30)23(7-2)28(17-21-10-9-11-22(16-21)31-5)25(29)18-32-24-15-19(3)12-13-20(24)4/h9-13,15-16,23H,6-8,14,17-18H2,1-5H3,(H,27,30). The molecule has 1 atom stereocenters. The monoisotopic (exact) mass is 440 g/mol. The molecule has 0 radical (unpaired) electrons. The molecule has 2 rings (SSSR count). The van der Waals surface area contributed by atoms with Gasteiger partial charge in [-0.2, -0.15) is 0 Å². The minimum Gasteiger partial charge on any atom is -0.497 e. The molecule has 0 spiro atoms. The van der Waals surface area contributed by atoms with Gasteiger partial charge in [0.1, 0.15) is 17.5 Å². The van der Waals surface area contributed by atoms with Crippen LogP contribution in [0.4, 0.5) is 0 Å². The number of hydrogen-bond donors (Lipinski definition) is 1. The van der Waals surface area contributed by atoms with Crippen molar-refractivity contribution in [2.24, 2.45) is 0 Å². The minimum absolute atomic E-state index is 0.132. The predicted molar refractivity (Wildman–Crippen MR) is 127 cm³/mol. The van der Waals surface area contributed by atoms with Gasteiger partial charge >= 0.3 is 0 Å². The largest absolute Gasteiger partial charge is 0.497 e. The van der Waals surface area contributed by atoms with Gasteiger partial charge in [-0.3, -0.25) is 9.59 Å². The second kappa shape index (κ2) is 12.7. The first-order chi connectivity index (χ1) is 15.4. The van der Waals surface area contributed by atoms with Crippen LogP contribution in [0, 0.1) is 13.8 Å². The molecule has 0 fully saturated rings. The summed E-state index contributed by atoms with van der Waals surface area (Å²) in [5, 5.41) is 2.97. The van der Waals surface area contributed by atoms with Gasteiger partial charge in [0.2, 0.25) is 5.91 Å². The Hall–Kier alpha value is -3.02. The van der Waals surface area contributed by atoms with Crippen molar-refractivity contribution in [1.82, 2.24) is 10.2 Å². The smallest absolute Gasteiger partial charge is 0.261 e. The quantitative estimate of drug-likeness (QED) is 0.496. The number of unbranched alkanes of at least 4 members (excludes halogenated alkanes) is 1. The fourth-order valence-corrected chi connectivity index (χ4v) is 3.48. The van der Waals surface area contributed by atoms with Crippen molar-refractivity contribution in [3.8, 4) is 11.5 Å². The predicted octanol–water partition coefficient (Wildman–Crippen LogP) is 4.41. The topological polar surface area (TPSA) is 67.9 Å². The van der Waals surface area contributed by atoms with Crippen LogP contribution in [0.2, 0.25) is 0 Å². The maximum atomic E-state index is 13.3. The Balaban J connectivity index is 2.23. The molecule has 0 aromatic heterocycles. The fraction of sp³-hybridized carbons (Fsp3) is 0.462. The molecule has 2 aromatic carbocycles. The highest BCUT2D eigenvalue weighted by molar-refractivity contribution is 5.88. The van der Waals surface area contributed by atoms with Crippen LogP contribution in [-0.4, -0.2) is 43.0 Å². The molecule has 174 valence electrons. The molecule has 32 heavy (non-hydrogen) atoms. The van der Waals surface area contributed by atoms with Crippen molar-refractivity contribution in [3.63, 3.8) is 0 Å². The molecule has 0 bridgehead atoms. The van der Waals surface area contributed by atoms with Crippen molar-refractivity contribution in [1.29, 1.82) is 0 Å². The third-order valence-corrected chi connectivity index (χ3v) is 5.40. The highest BCUT2D eigenvalue weighted by Gasteiger charge is 2.29. The van der Waals surface area contributed by atoms with Crippen molar-refractivity contribution in [2.75, 3.05) is 20.3 Å². The molecule has 0 heterocycles. The van der Waals surface area contributed by atoms with Gasteiger partial charge in [0.05, 0.1) is 7.11 Å². The van der Waals surface area contributed by atoms with Crippen LogP contribution < -0.4 is 14.8 Å². The normalized spacial score (nSPS) is 11.5. The summed E-state index contributed by atoms with van der Waals surface area (Å²) >= 11 is 0. The minimum atomic E-state index is -0.576. The van der Waals surface area contributed by atoms with E-state index >= 15 is 0 Å². The number of benzene rings is 2. The van der Waals surface area contributed by atoms with Gasteiger partial charge in [0, 0.05) is 13.1 Å².